The van der Waals surface area contributed by atoms with Gasteiger partial charge in [0, 0.05) is 17.8 Å². The van der Waals surface area contributed by atoms with Crippen molar-refractivity contribution >= 4 is 5.69 Å². The van der Waals surface area contributed by atoms with Gasteiger partial charge in [-0.3, -0.25) is 0 Å². The summed E-state index contributed by atoms with van der Waals surface area (Å²) in [5.74, 6) is -0.290. The largest absolute Gasteiger partial charge is 0.388 e. The molecule has 0 aliphatic carbocycles. The van der Waals surface area contributed by atoms with E-state index in [4.69, 9.17) is 0 Å². The molecule has 0 aromatic heterocycles. The molecule has 0 saturated heterocycles. The number of nitrogens with one attached hydrogen (secondary N) is 1. The van der Waals surface area contributed by atoms with Crippen LogP contribution in [0, 0.1) is 5.82 Å². The third kappa shape index (κ3) is 1.65. The molecule has 1 aromatic carbocycles. The molecular formula is C10H12FNO. The van der Waals surface area contributed by atoms with Crippen molar-refractivity contribution in [2.45, 2.75) is 18.9 Å². The Labute approximate surface area is 76.4 Å². The molecule has 3 heteroatoms. The van der Waals surface area contributed by atoms with Gasteiger partial charge in [0.1, 0.15) is 5.82 Å². The van der Waals surface area contributed by atoms with E-state index in [0.717, 1.165) is 18.7 Å². The lowest BCUT2D eigenvalue weighted by molar-refractivity contribution is 0.168. The Kier molecular flexibility index (Phi) is 2.19. The molecule has 0 fully saturated rings. The van der Waals surface area contributed by atoms with E-state index >= 15 is 0 Å². The van der Waals surface area contributed by atoms with Crippen molar-refractivity contribution in [1.29, 1.82) is 0 Å². The Hall–Kier alpha value is -1.09. The molecule has 2 nitrogen and oxygen atoms in total. The number of hydrogen-bond acceptors (Lipinski definition) is 2. The third-order valence-electron chi connectivity index (χ3n) is 2.34. The highest BCUT2D eigenvalue weighted by Gasteiger charge is 2.16. The minimum Gasteiger partial charge on any atom is -0.388 e. The summed E-state index contributed by atoms with van der Waals surface area (Å²) in [7, 11) is 0. The van der Waals surface area contributed by atoms with Gasteiger partial charge in [-0.05, 0) is 31.0 Å². The standard InChI is InChI=1S/C10H12FNO/c11-7-3-4-9-8(6-7)10(13)2-1-5-12-9/h3-4,6,10,12-13H,1-2,5H2/t10-/m0/s1. The van der Waals surface area contributed by atoms with Gasteiger partial charge in [-0.15, -0.1) is 0 Å². The lowest BCUT2D eigenvalue weighted by Crippen LogP contribution is -2.00. The molecule has 0 amide bonds. The molecule has 1 aromatic rings. The summed E-state index contributed by atoms with van der Waals surface area (Å²) in [5, 5.41) is 12.8. The molecule has 2 rings (SSSR count). The highest BCUT2D eigenvalue weighted by Crippen LogP contribution is 2.29. The Morgan fingerprint density at radius 3 is 3.15 bits per heavy atom. The lowest BCUT2D eigenvalue weighted by atomic mass is 10.0. The Morgan fingerprint density at radius 2 is 2.31 bits per heavy atom. The zero-order chi connectivity index (χ0) is 9.26. The first-order valence-electron chi connectivity index (χ1n) is 4.49. The zero-order valence-electron chi connectivity index (χ0n) is 7.26. The molecule has 0 radical (unpaired) electrons. The van der Waals surface area contributed by atoms with Gasteiger partial charge in [-0.1, -0.05) is 0 Å². The summed E-state index contributed by atoms with van der Waals surface area (Å²) in [5.41, 5.74) is 1.53. The number of aliphatic hydroxyl groups excluding tert-OH is 1. The molecule has 1 aliphatic heterocycles. The van der Waals surface area contributed by atoms with Gasteiger partial charge in [-0.25, -0.2) is 4.39 Å². The third-order valence-corrected chi connectivity index (χ3v) is 2.34. The van der Waals surface area contributed by atoms with Crippen molar-refractivity contribution in [3.8, 4) is 0 Å². The monoisotopic (exact) mass is 181 g/mol. The molecule has 13 heavy (non-hydrogen) atoms. The van der Waals surface area contributed by atoms with E-state index in [2.05, 4.69) is 5.32 Å². The highest BCUT2D eigenvalue weighted by molar-refractivity contribution is 5.53. The van der Waals surface area contributed by atoms with Gasteiger partial charge < -0.3 is 10.4 Å². The average Bonchev–Trinajstić information content (AvgIpc) is 2.29. The van der Waals surface area contributed by atoms with Gasteiger partial charge in [0.15, 0.2) is 0 Å². The minimum absolute atomic E-state index is 0.290. The van der Waals surface area contributed by atoms with Crippen LogP contribution in [0.2, 0.25) is 0 Å². The number of fused-ring (bicyclic) bond motifs is 1. The number of halogens is 1. The van der Waals surface area contributed by atoms with Gasteiger partial charge in [0.05, 0.1) is 6.10 Å². The molecule has 1 aliphatic rings. The van der Waals surface area contributed by atoms with Gasteiger partial charge >= 0.3 is 0 Å². The highest BCUT2D eigenvalue weighted by atomic mass is 19.1. The fraction of sp³-hybridized carbons (Fsp3) is 0.400. The number of anilines is 1. The predicted octanol–water partition coefficient (Wildman–Crippen LogP) is 2.06. The van der Waals surface area contributed by atoms with E-state index < -0.39 is 6.10 Å². The van der Waals surface area contributed by atoms with Crippen LogP contribution in [-0.4, -0.2) is 11.7 Å². The maximum atomic E-state index is 12.9. The zero-order valence-corrected chi connectivity index (χ0v) is 7.26. The second-order valence-corrected chi connectivity index (χ2v) is 3.32. The molecule has 1 atom stereocenters. The van der Waals surface area contributed by atoms with Crippen LogP contribution in [0.25, 0.3) is 0 Å². The van der Waals surface area contributed by atoms with Gasteiger partial charge in [-0.2, -0.15) is 0 Å². The van der Waals surface area contributed by atoms with E-state index in [0.29, 0.717) is 12.0 Å². The molecule has 0 unspecified atom stereocenters. The summed E-state index contributed by atoms with van der Waals surface area (Å²) >= 11 is 0. The van der Waals surface area contributed by atoms with Crippen molar-refractivity contribution in [3.05, 3.63) is 29.6 Å². The van der Waals surface area contributed by atoms with Gasteiger partial charge in [0.2, 0.25) is 0 Å². The first kappa shape index (κ1) is 8.51. The number of aliphatic hydroxyl groups is 1. The molecule has 70 valence electrons. The molecular weight excluding hydrogens is 169 g/mol. The number of benzene rings is 1. The van der Waals surface area contributed by atoms with Crippen LogP contribution in [0.5, 0.6) is 0 Å². The van der Waals surface area contributed by atoms with Crippen molar-refractivity contribution < 1.29 is 9.50 Å². The second-order valence-electron chi connectivity index (χ2n) is 3.32. The molecule has 2 N–H and O–H groups in total. The quantitative estimate of drug-likeness (QED) is 0.642. The van der Waals surface area contributed by atoms with Crippen molar-refractivity contribution in [2.24, 2.45) is 0 Å². The van der Waals surface area contributed by atoms with E-state index in [1.165, 1.54) is 12.1 Å². The summed E-state index contributed by atoms with van der Waals surface area (Å²) in [6.07, 6.45) is 1.08. The summed E-state index contributed by atoms with van der Waals surface area (Å²) in [6.45, 7) is 0.843. The van der Waals surface area contributed by atoms with E-state index in [1.807, 2.05) is 0 Å². The molecule has 0 saturated carbocycles. The number of rotatable bonds is 0. The van der Waals surface area contributed by atoms with Crippen LogP contribution < -0.4 is 5.32 Å². The number of hydrogen-bond donors (Lipinski definition) is 2. The second kappa shape index (κ2) is 3.34. The Balaban J connectivity index is 2.43. The smallest absolute Gasteiger partial charge is 0.123 e. The van der Waals surface area contributed by atoms with E-state index in [-0.39, 0.29) is 5.82 Å². The van der Waals surface area contributed by atoms with Crippen molar-refractivity contribution in [3.63, 3.8) is 0 Å². The maximum absolute atomic E-state index is 12.9. The fourth-order valence-electron chi connectivity index (χ4n) is 1.64. The fourth-order valence-corrected chi connectivity index (χ4v) is 1.64. The summed E-state index contributed by atoms with van der Waals surface area (Å²) < 4.78 is 12.9. The summed E-state index contributed by atoms with van der Waals surface area (Å²) in [6, 6.07) is 4.49. The summed E-state index contributed by atoms with van der Waals surface area (Å²) in [4.78, 5) is 0. The molecule has 0 bridgehead atoms. The van der Waals surface area contributed by atoms with Crippen molar-refractivity contribution in [1.82, 2.24) is 0 Å². The Morgan fingerprint density at radius 1 is 1.46 bits per heavy atom. The average molecular weight is 181 g/mol. The first-order valence-corrected chi connectivity index (χ1v) is 4.49. The van der Waals surface area contributed by atoms with Crippen LogP contribution in [-0.2, 0) is 0 Å². The SMILES string of the molecule is O[C@H]1CCCNc2ccc(F)cc21. The van der Waals surface area contributed by atoms with Gasteiger partial charge in [0.25, 0.3) is 0 Å². The van der Waals surface area contributed by atoms with Crippen LogP contribution in [0.15, 0.2) is 18.2 Å². The lowest BCUT2D eigenvalue weighted by Gasteiger charge is -2.10. The van der Waals surface area contributed by atoms with Crippen LogP contribution in [0.3, 0.4) is 0 Å². The van der Waals surface area contributed by atoms with Crippen LogP contribution in [0.1, 0.15) is 24.5 Å². The predicted molar refractivity (Wildman–Crippen MR) is 49.1 cm³/mol. The normalized spacial score (nSPS) is 21.5. The topological polar surface area (TPSA) is 32.3 Å². The maximum Gasteiger partial charge on any atom is 0.123 e. The van der Waals surface area contributed by atoms with Crippen molar-refractivity contribution in [2.75, 3.05) is 11.9 Å². The van der Waals surface area contributed by atoms with E-state index in [9.17, 15) is 9.50 Å². The van der Waals surface area contributed by atoms with E-state index in [1.54, 1.807) is 6.07 Å². The first-order chi connectivity index (χ1) is 6.27. The Bertz CT molecular complexity index is 314. The van der Waals surface area contributed by atoms with Crippen LogP contribution >= 0.6 is 0 Å². The minimum atomic E-state index is -0.527. The molecule has 1 heterocycles. The molecule has 0 spiro atoms. The van der Waals surface area contributed by atoms with Crippen LogP contribution in [0.4, 0.5) is 10.1 Å².